The zero-order valence-corrected chi connectivity index (χ0v) is 8.83. The maximum Gasteiger partial charge on any atom is 0.407 e. The second kappa shape index (κ2) is 5.06. The van der Waals surface area contributed by atoms with E-state index in [4.69, 9.17) is 11.0 Å². The summed E-state index contributed by atoms with van der Waals surface area (Å²) in [5, 5.41) is 17.7. The van der Waals surface area contributed by atoms with Crippen molar-refractivity contribution in [3.63, 3.8) is 0 Å². The third-order valence-electron chi connectivity index (χ3n) is 2.31. The smallest absolute Gasteiger partial charge is 0.407 e. The van der Waals surface area contributed by atoms with Gasteiger partial charge >= 0.3 is 6.18 Å². The van der Waals surface area contributed by atoms with Crippen molar-refractivity contribution in [2.24, 2.45) is 5.73 Å². The Balaban J connectivity index is 3.03. The topological polar surface area (TPSA) is 70.0 Å². The van der Waals surface area contributed by atoms with Crippen LogP contribution < -0.4 is 5.73 Å². The predicted octanol–water partition coefficient (Wildman–Crippen LogP) is 2.41. The molecule has 17 heavy (non-hydrogen) atoms. The van der Waals surface area contributed by atoms with Crippen LogP contribution in [0.25, 0.3) is 0 Å². The van der Waals surface area contributed by atoms with E-state index in [0.717, 1.165) is 6.07 Å². The summed E-state index contributed by atoms with van der Waals surface area (Å²) in [5.74, 6) is -0.490. The van der Waals surface area contributed by atoms with Gasteiger partial charge in [-0.25, -0.2) is 0 Å². The van der Waals surface area contributed by atoms with Crippen LogP contribution in [0.5, 0.6) is 5.75 Å². The molecule has 92 valence electrons. The quantitative estimate of drug-likeness (QED) is 0.857. The summed E-state index contributed by atoms with van der Waals surface area (Å²) >= 11 is 0. The van der Waals surface area contributed by atoms with Crippen molar-refractivity contribution in [3.05, 3.63) is 29.3 Å². The molecule has 0 aliphatic carbocycles. The number of nitrogens with two attached hydrogens (primary N) is 1. The van der Waals surface area contributed by atoms with Crippen LogP contribution in [-0.4, -0.2) is 11.3 Å². The van der Waals surface area contributed by atoms with Gasteiger partial charge < -0.3 is 10.8 Å². The van der Waals surface area contributed by atoms with Crippen LogP contribution in [-0.2, 0) is 6.42 Å². The van der Waals surface area contributed by atoms with Gasteiger partial charge in [-0.3, -0.25) is 0 Å². The Hall–Kier alpha value is -1.74. The van der Waals surface area contributed by atoms with Gasteiger partial charge in [0.05, 0.1) is 6.07 Å². The highest BCUT2D eigenvalue weighted by Crippen LogP contribution is 2.35. The zero-order chi connectivity index (χ0) is 13.1. The molecule has 1 aromatic carbocycles. The number of halogens is 3. The Morgan fingerprint density at radius 3 is 2.59 bits per heavy atom. The molecular formula is C11H11F3N2O. The highest BCUT2D eigenvalue weighted by atomic mass is 19.4. The Labute approximate surface area is 96.3 Å². The summed E-state index contributed by atoms with van der Waals surface area (Å²) < 4.78 is 37.2. The van der Waals surface area contributed by atoms with Gasteiger partial charge in [0, 0.05) is 12.0 Å². The second-order valence-corrected chi connectivity index (χ2v) is 3.57. The standard InChI is InChI=1S/C11H11F3N2O/c12-11(13,14)10(16)8-6-7(2-1-5-15)3-4-9(8)17/h3-4,6,10,17H,1-2,16H2/t10-/m0/s1. The molecule has 0 saturated carbocycles. The van der Waals surface area contributed by atoms with Gasteiger partial charge in [0.1, 0.15) is 11.8 Å². The summed E-state index contributed by atoms with van der Waals surface area (Å²) in [6, 6.07) is 3.49. The van der Waals surface area contributed by atoms with Crippen molar-refractivity contribution in [2.75, 3.05) is 0 Å². The zero-order valence-electron chi connectivity index (χ0n) is 8.83. The maximum absolute atomic E-state index is 12.4. The van der Waals surface area contributed by atoms with E-state index >= 15 is 0 Å². The number of nitriles is 1. The lowest BCUT2D eigenvalue weighted by Gasteiger charge is -2.17. The van der Waals surface area contributed by atoms with Crippen LogP contribution >= 0.6 is 0 Å². The minimum absolute atomic E-state index is 0.200. The molecule has 0 radical (unpaired) electrons. The predicted molar refractivity (Wildman–Crippen MR) is 55.0 cm³/mol. The monoisotopic (exact) mass is 244 g/mol. The molecular weight excluding hydrogens is 233 g/mol. The largest absolute Gasteiger partial charge is 0.508 e. The molecule has 0 bridgehead atoms. The molecule has 6 heteroatoms. The summed E-state index contributed by atoms with van der Waals surface area (Å²) in [6.45, 7) is 0. The number of nitrogens with zero attached hydrogens (tertiary/aromatic N) is 1. The average molecular weight is 244 g/mol. The van der Waals surface area contributed by atoms with E-state index in [0.29, 0.717) is 12.0 Å². The molecule has 1 aromatic rings. The van der Waals surface area contributed by atoms with E-state index in [2.05, 4.69) is 0 Å². The van der Waals surface area contributed by atoms with E-state index in [9.17, 15) is 18.3 Å². The molecule has 0 saturated heterocycles. The van der Waals surface area contributed by atoms with Crippen molar-refractivity contribution in [1.82, 2.24) is 0 Å². The molecule has 1 atom stereocenters. The number of alkyl halides is 3. The van der Waals surface area contributed by atoms with Crippen LogP contribution in [0.3, 0.4) is 0 Å². The van der Waals surface area contributed by atoms with E-state index < -0.39 is 18.0 Å². The summed E-state index contributed by atoms with van der Waals surface area (Å²) in [5.41, 5.74) is 5.19. The van der Waals surface area contributed by atoms with Crippen LogP contribution in [0.4, 0.5) is 13.2 Å². The number of phenols is 1. The Bertz CT molecular complexity index is 437. The highest BCUT2D eigenvalue weighted by molar-refractivity contribution is 5.39. The van der Waals surface area contributed by atoms with E-state index in [1.165, 1.54) is 12.1 Å². The molecule has 0 unspecified atom stereocenters. The lowest BCUT2D eigenvalue weighted by Crippen LogP contribution is -2.28. The van der Waals surface area contributed by atoms with Gasteiger partial charge in [-0.15, -0.1) is 0 Å². The number of aromatic hydroxyl groups is 1. The number of hydrogen-bond donors (Lipinski definition) is 2. The fourth-order valence-corrected chi connectivity index (χ4v) is 1.39. The number of phenolic OH excluding ortho intramolecular Hbond substituents is 1. The molecule has 1 rings (SSSR count). The Kier molecular flexibility index (Phi) is 3.97. The first kappa shape index (κ1) is 13.3. The number of rotatable bonds is 3. The normalized spacial score (nSPS) is 13.1. The van der Waals surface area contributed by atoms with Gasteiger partial charge in [0.15, 0.2) is 0 Å². The van der Waals surface area contributed by atoms with Crippen molar-refractivity contribution < 1.29 is 18.3 Å². The van der Waals surface area contributed by atoms with Crippen LogP contribution in [0.2, 0.25) is 0 Å². The fourth-order valence-electron chi connectivity index (χ4n) is 1.39. The lowest BCUT2D eigenvalue weighted by atomic mass is 10.0. The number of aryl methyl sites for hydroxylation is 1. The number of hydrogen-bond acceptors (Lipinski definition) is 3. The van der Waals surface area contributed by atoms with Gasteiger partial charge in [0.2, 0.25) is 0 Å². The molecule has 3 nitrogen and oxygen atoms in total. The average Bonchev–Trinajstić information content (AvgIpc) is 2.26. The maximum atomic E-state index is 12.4. The van der Waals surface area contributed by atoms with Crippen LogP contribution in [0, 0.1) is 11.3 Å². The molecule has 0 amide bonds. The molecule has 3 N–H and O–H groups in total. The Morgan fingerprint density at radius 2 is 2.06 bits per heavy atom. The Morgan fingerprint density at radius 1 is 1.41 bits per heavy atom. The summed E-state index contributed by atoms with van der Waals surface area (Å²) in [6.07, 6.45) is -4.08. The SMILES string of the molecule is N#CCCc1ccc(O)c([C@H](N)C(F)(F)F)c1. The van der Waals surface area contributed by atoms with Crippen molar-refractivity contribution in [2.45, 2.75) is 25.1 Å². The molecule has 0 aliphatic heterocycles. The minimum Gasteiger partial charge on any atom is -0.508 e. The fraction of sp³-hybridized carbons (Fsp3) is 0.364. The summed E-state index contributed by atoms with van der Waals surface area (Å²) in [7, 11) is 0. The van der Waals surface area contributed by atoms with E-state index in [1.807, 2.05) is 6.07 Å². The van der Waals surface area contributed by atoms with Crippen LogP contribution in [0.15, 0.2) is 18.2 Å². The number of benzene rings is 1. The third kappa shape index (κ3) is 3.36. The second-order valence-electron chi connectivity index (χ2n) is 3.57. The molecule has 0 spiro atoms. The summed E-state index contributed by atoms with van der Waals surface area (Å²) in [4.78, 5) is 0. The van der Waals surface area contributed by atoms with Crippen LogP contribution in [0.1, 0.15) is 23.6 Å². The van der Waals surface area contributed by atoms with Gasteiger partial charge in [-0.1, -0.05) is 12.1 Å². The molecule has 0 aromatic heterocycles. The first-order valence-electron chi connectivity index (χ1n) is 4.87. The minimum atomic E-state index is -4.61. The van der Waals surface area contributed by atoms with E-state index in [-0.39, 0.29) is 12.0 Å². The van der Waals surface area contributed by atoms with Gasteiger partial charge in [0.25, 0.3) is 0 Å². The van der Waals surface area contributed by atoms with Gasteiger partial charge in [-0.05, 0) is 18.1 Å². The molecule has 0 fully saturated rings. The first-order valence-corrected chi connectivity index (χ1v) is 4.87. The van der Waals surface area contributed by atoms with Crippen molar-refractivity contribution in [1.29, 1.82) is 5.26 Å². The third-order valence-corrected chi connectivity index (χ3v) is 2.31. The van der Waals surface area contributed by atoms with Gasteiger partial charge in [-0.2, -0.15) is 18.4 Å². The molecule has 0 heterocycles. The molecule has 0 aliphatic rings. The van der Waals surface area contributed by atoms with Crippen molar-refractivity contribution >= 4 is 0 Å². The lowest BCUT2D eigenvalue weighted by molar-refractivity contribution is -0.149. The first-order chi connectivity index (χ1) is 7.86. The van der Waals surface area contributed by atoms with E-state index in [1.54, 1.807) is 0 Å². The van der Waals surface area contributed by atoms with Crippen molar-refractivity contribution in [3.8, 4) is 11.8 Å². The highest BCUT2D eigenvalue weighted by Gasteiger charge is 2.39.